The Hall–Kier alpha value is -2.28. The van der Waals surface area contributed by atoms with Gasteiger partial charge in [0.05, 0.1) is 17.0 Å². The molecule has 0 spiro atoms. The Balaban J connectivity index is 2.13. The van der Waals surface area contributed by atoms with Gasteiger partial charge in [-0.25, -0.2) is 4.79 Å². The number of urea groups is 1. The summed E-state index contributed by atoms with van der Waals surface area (Å²) >= 11 is 5.98. The molecular weight excluding hydrogens is 298 g/mol. The number of rotatable bonds is 5. The molecule has 8 heteroatoms. The first-order valence-electron chi connectivity index (χ1n) is 6.34. The SMILES string of the molecule is O=C(O)CCNC(=O)c1cc(N2CCNC2=O)ccc1Cl. The van der Waals surface area contributed by atoms with Crippen molar-refractivity contribution in [3.8, 4) is 0 Å². The van der Waals surface area contributed by atoms with Crippen LogP contribution in [0.4, 0.5) is 10.5 Å². The van der Waals surface area contributed by atoms with E-state index >= 15 is 0 Å². The molecule has 21 heavy (non-hydrogen) atoms. The van der Waals surface area contributed by atoms with Gasteiger partial charge in [-0.1, -0.05) is 11.6 Å². The molecule has 0 aromatic heterocycles. The third-order valence-corrected chi connectivity index (χ3v) is 3.32. The molecule has 0 saturated carbocycles. The van der Waals surface area contributed by atoms with E-state index in [2.05, 4.69) is 10.6 Å². The van der Waals surface area contributed by atoms with Gasteiger partial charge < -0.3 is 15.7 Å². The van der Waals surface area contributed by atoms with Crippen molar-refractivity contribution in [2.24, 2.45) is 0 Å². The van der Waals surface area contributed by atoms with Gasteiger partial charge in [0.1, 0.15) is 0 Å². The maximum Gasteiger partial charge on any atom is 0.321 e. The highest BCUT2D eigenvalue weighted by atomic mass is 35.5. The van der Waals surface area contributed by atoms with Crippen molar-refractivity contribution in [1.29, 1.82) is 0 Å². The molecule has 0 unspecified atom stereocenters. The fourth-order valence-electron chi connectivity index (χ4n) is 1.95. The number of carbonyl (C=O) groups is 3. The van der Waals surface area contributed by atoms with Crippen LogP contribution >= 0.6 is 11.6 Å². The van der Waals surface area contributed by atoms with Crippen LogP contribution in [0.15, 0.2) is 18.2 Å². The molecule has 3 N–H and O–H groups in total. The van der Waals surface area contributed by atoms with Gasteiger partial charge in [0.2, 0.25) is 0 Å². The zero-order valence-corrected chi connectivity index (χ0v) is 11.8. The number of nitrogens with zero attached hydrogens (tertiary/aromatic N) is 1. The van der Waals surface area contributed by atoms with E-state index in [1.165, 1.54) is 17.0 Å². The molecule has 0 atom stereocenters. The van der Waals surface area contributed by atoms with Crippen LogP contribution in [0.25, 0.3) is 0 Å². The standard InChI is InChI=1S/C13H14ClN3O4/c14-10-2-1-8(17-6-5-16-13(17)21)7-9(10)12(20)15-4-3-11(18)19/h1-2,7H,3-6H2,(H,15,20)(H,16,21)(H,18,19). The van der Waals surface area contributed by atoms with Crippen LogP contribution in [0.5, 0.6) is 0 Å². The number of amides is 3. The molecule has 7 nitrogen and oxygen atoms in total. The molecule has 112 valence electrons. The number of carbonyl (C=O) groups excluding carboxylic acids is 2. The van der Waals surface area contributed by atoms with Crippen molar-refractivity contribution in [3.05, 3.63) is 28.8 Å². The van der Waals surface area contributed by atoms with Crippen molar-refractivity contribution in [2.75, 3.05) is 24.5 Å². The maximum atomic E-state index is 12.0. The lowest BCUT2D eigenvalue weighted by Gasteiger charge is -2.16. The minimum Gasteiger partial charge on any atom is -0.481 e. The molecule has 0 radical (unpaired) electrons. The normalized spacial score (nSPS) is 14.0. The van der Waals surface area contributed by atoms with E-state index in [-0.39, 0.29) is 29.6 Å². The van der Waals surface area contributed by atoms with Gasteiger partial charge in [-0.2, -0.15) is 0 Å². The molecule has 0 bridgehead atoms. The van der Waals surface area contributed by atoms with Gasteiger partial charge in [0.25, 0.3) is 5.91 Å². The number of benzene rings is 1. The van der Waals surface area contributed by atoms with Crippen molar-refractivity contribution in [2.45, 2.75) is 6.42 Å². The predicted molar refractivity (Wildman–Crippen MR) is 76.8 cm³/mol. The first kappa shape index (κ1) is 15.1. The molecule has 1 heterocycles. The summed E-state index contributed by atoms with van der Waals surface area (Å²) in [4.78, 5) is 35.5. The second kappa shape index (κ2) is 6.45. The van der Waals surface area contributed by atoms with Crippen LogP contribution in [0.2, 0.25) is 5.02 Å². The Morgan fingerprint density at radius 2 is 2.19 bits per heavy atom. The lowest BCUT2D eigenvalue weighted by Crippen LogP contribution is -2.29. The van der Waals surface area contributed by atoms with E-state index in [0.717, 1.165) is 0 Å². The molecular formula is C13H14ClN3O4. The quantitative estimate of drug-likeness (QED) is 0.757. The van der Waals surface area contributed by atoms with Gasteiger partial charge in [0, 0.05) is 25.3 Å². The van der Waals surface area contributed by atoms with Gasteiger partial charge >= 0.3 is 12.0 Å². The number of carboxylic acid groups (broad SMARTS) is 1. The lowest BCUT2D eigenvalue weighted by atomic mass is 10.1. The molecule has 2 rings (SSSR count). The molecule has 1 aromatic rings. The summed E-state index contributed by atoms with van der Waals surface area (Å²) in [6.45, 7) is 1.07. The number of halogens is 1. The summed E-state index contributed by atoms with van der Waals surface area (Å²) in [6, 6.07) is 4.48. The molecule has 1 aliphatic rings. The summed E-state index contributed by atoms with van der Waals surface area (Å²) in [5.74, 6) is -1.47. The zero-order chi connectivity index (χ0) is 15.4. The van der Waals surface area contributed by atoms with E-state index in [1.54, 1.807) is 6.07 Å². The van der Waals surface area contributed by atoms with E-state index in [4.69, 9.17) is 16.7 Å². The average molecular weight is 312 g/mol. The average Bonchev–Trinajstić information content (AvgIpc) is 2.85. The number of anilines is 1. The second-order valence-corrected chi connectivity index (χ2v) is 4.85. The molecule has 3 amide bonds. The topological polar surface area (TPSA) is 98.7 Å². The summed E-state index contributed by atoms with van der Waals surface area (Å²) in [5, 5.41) is 13.9. The van der Waals surface area contributed by atoms with E-state index in [1.807, 2.05) is 0 Å². The molecule has 0 aliphatic carbocycles. The van der Waals surface area contributed by atoms with Crippen molar-refractivity contribution < 1.29 is 19.5 Å². The van der Waals surface area contributed by atoms with Crippen LogP contribution in [0.1, 0.15) is 16.8 Å². The Kier molecular flexibility index (Phi) is 4.64. The smallest absolute Gasteiger partial charge is 0.321 e. The Morgan fingerprint density at radius 3 is 2.81 bits per heavy atom. The number of carboxylic acids is 1. The van der Waals surface area contributed by atoms with E-state index in [9.17, 15) is 14.4 Å². The van der Waals surface area contributed by atoms with Crippen LogP contribution in [-0.4, -0.2) is 42.6 Å². The van der Waals surface area contributed by atoms with Crippen LogP contribution < -0.4 is 15.5 Å². The van der Waals surface area contributed by atoms with Crippen LogP contribution in [-0.2, 0) is 4.79 Å². The van der Waals surface area contributed by atoms with Gasteiger partial charge in [-0.3, -0.25) is 14.5 Å². The number of nitrogens with one attached hydrogen (secondary N) is 2. The fraction of sp³-hybridized carbons (Fsp3) is 0.308. The highest BCUT2D eigenvalue weighted by Crippen LogP contribution is 2.24. The highest BCUT2D eigenvalue weighted by Gasteiger charge is 2.22. The first-order chi connectivity index (χ1) is 9.99. The minimum absolute atomic E-state index is 0.0128. The third-order valence-electron chi connectivity index (χ3n) is 2.99. The minimum atomic E-state index is -0.996. The number of hydrogen-bond acceptors (Lipinski definition) is 3. The molecule has 1 fully saturated rings. The summed E-state index contributed by atoms with van der Waals surface area (Å²) in [5.41, 5.74) is 0.775. The number of hydrogen-bond donors (Lipinski definition) is 3. The lowest BCUT2D eigenvalue weighted by molar-refractivity contribution is -0.136. The van der Waals surface area contributed by atoms with Crippen molar-refractivity contribution in [3.63, 3.8) is 0 Å². The first-order valence-corrected chi connectivity index (χ1v) is 6.72. The van der Waals surface area contributed by atoms with Crippen LogP contribution in [0.3, 0.4) is 0 Å². The third kappa shape index (κ3) is 3.63. The summed E-state index contributed by atoms with van der Waals surface area (Å²) in [6.07, 6.45) is -0.169. The zero-order valence-electron chi connectivity index (χ0n) is 11.1. The molecule has 1 saturated heterocycles. The second-order valence-electron chi connectivity index (χ2n) is 4.45. The Labute approximate surface area is 125 Å². The monoisotopic (exact) mass is 311 g/mol. The largest absolute Gasteiger partial charge is 0.481 e. The van der Waals surface area contributed by atoms with Crippen molar-refractivity contribution >= 4 is 35.2 Å². The van der Waals surface area contributed by atoms with Crippen LogP contribution in [0, 0.1) is 0 Å². The number of aliphatic carboxylic acids is 1. The Morgan fingerprint density at radius 1 is 1.43 bits per heavy atom. The maximum absolute atomic E-state index is 12.0. The van der Waals surface area contributed by atoms with E-state index < -0.39 is 11.9 Å². The van der Waals surface area contributed by atoms with Gasteiger partial charge in [-0.05, 0) is 18.2 Å². The summed E-state index contributed by atoms with van der Waals surface area (Å²) in [7, 11) is 0. The fourth-order valence-corrected chi connectivity index (χ4v) is 2.15. The van der Waals surface area contributed by atoms with E-state index in [0.29, 0.717) is 18.8 Å². The van der Waals surface area contributed by atoms with Crippen molar-refractivity contribution in [1.82, 2.24) is 10.6 Å². The summed E-state index contributed by atoms with van der Waals surface area (Å²) < 4.78 is 0. The van der Waals surface area contributed by atoms with Gasteiger partial charge in [0.15, 0.2) is 0 Å². The van der Waals surface area contributed by atoms with Gasteiger partial charge in [-0.15, -0.1) is 0 Å². The predicted octanol–water partition coefficient (Wildman–Crippen LogP) is 1.07. The molecule has 1 aliphatic heterocycles. The highest BCUT2D eigenvalue weighted by molar-refractivity contribution is 6.34. The Bertz CT molecular complexity index is 591. The molecule has 1 aromatic carbocycles.